The molecule has 4 nitrogen and oxygen atoms in total. The Morgan fingerprint density at radius 1 is 1.50 bits per heavy atom. The molecule has 1 aromatic rings. The fourth-order valence-electron chi connectivity index (χ4n) is 0.632. The average Bonchev–Trinajstić information content (AvgIpc) is 2.06. The first-order valence-electron chi connectivity index (χ1n) is 3.06. The van der Waals surface area contributed by atoms with Crippen molar-refractivity contribution < 1.29 is 14.5 Å². The van der Waals surface area contributed by atoms with Gasteiger partial charge in [-0.05, 0) is 28.7 Å². The highest BCUT2D eigenvalue weighted by Gasteiger charge is 2.03. The van der Waals surface area contributed by atoms with Crippen molar-refractivity contribution in [1.82, 2.24) is 4.98 Å². The lowest BCUT2D eigenvalue weighted by Gasteiger charge is -2.03. The number of halogens is 1. The zero-order valence-electron chi connectivity index (χ0n) is 6.01. The highest BCUT2D eigenvalue weighted by atomic mass is 127. The summed E-state index contributed by atoms with van der Waals surface area (Å²) in [6.45, 7) is 0. The second-order valence-electron chi connectivity index (χ2n) is 1.90. The normalized spacial score (nSPS) is 10.3. The number of hydrogen-bond donors (Lipinski definition) is 2. The van der Waals surface area contributed by atoms with E-state index in [1.807, 2.05) is 0 Å². The minimum absolute atomic E-state index is 0.422. The smallest absolute Gasteiger partial charge is 0.213 e. The predicted molar refractivity (Wildman–Crippen MR) is 54.7 cm³/mol. The Balaban J connectivity index is 2.71. The summed E-state index contributed by atoms with van der Waals surface area (Å²) in [5.41, 5.74) is 0. The molecular formula is C6H7INO3P. The quantitative estimate of drug-likeness (QED) is 0.492. The molecule has 0 radical (unpaired) electrons. The maximum atomic E-state index is 8.78. The van der Waals surface area contributed by atoms with Gasteiger partial charge in [0.25, 0.3) is 0 Å². The van der Waals surface area contributed by atoms with Crippen molar-refractivity contribution in [3.05, 3.63) is 18.3 Å². The molecule has 0 aliphatic carbocycles. The molecule has 0 saturated carbocycles. The van der Waals surface area contributed by atoms with Crippen LogP contribution in [0.5, 0.6) is 5.88 Å². The van der Waals surface area contributed by atoms with E-state index < -0.39 is 8.38 Å². The fourth-order valence-corrected chi connectivity index (χ4v) is 1.32. The van der Waals surface area contributed by atoms with Gasteiger partial charge in [-0.1, -0.05) is 0 Å². The highest BCUT2D eigenvalue weighted by molar-refractivity contribution is 14.1. The molecule has 12 heavy (non-hydrogen) atoms. The van der Waals surface area contributed by atoms with Crippen molar-refractivity contribution in [3.63, 3.8) is 0 Å². The van der Waals surface area contributed by atoms with E-state index in [4.69, 9.17) is 14.5 Å². The third-order valence-corrected chi connectivity index (χ3v) is 2.19. The number of ether oxygens (including phenoxy) is 1. The van der Waals surface area contributed by atoms with E-state index in [-0.39, 0.29) is 0 Å². The van der Waals surface area contributed by atoms with Gasteiger partial charge >= 0.3 is 0 Å². The largest absolute Gasteiger partial charge is 0.467 e. The molecule has 0 spiro atoms. The summed E-state index contributed by atoms with van der Waals surface area (Å²) in [7, 11) is -2.04. The van der Waals surface area contributed by atoms with Crippen LogP contribution in [0.2, 0.25) is 0 Å². The molecule has 0 atom stereocenters. The lowest BCUT2D eigenvalue weighted by molar-refractivity contribution is 0.388. The Bertz CT molecular complexity index is 241. The number of aromatic nitrogens is 1. The van der Waals surface area contributed by atoms with E-state index in [0.717, 1.165) is 0 Å². The Hall–Kier alpha value is 0.0300. The summed E-state index contributed by atoms with van der Waals surface area (Å²) in [5.74, 6) is 0.491. The number of rotatable bonds is 3. The van der Waals surface area contributed by atoms with Crippen LogP contribution in [0.3, 0.4) is 0 Å². The second-order valence-corrected chi connectivity index (χ2v) is 3.62. The third-order valence-electron chi connectivity index (χ3n) is 1.15. The van der Waals surface area contributed by atoms with Crippen LogP contribution in [0.1, 0.15) is 0 Å². The molecule has 6 heteroatoms. The van der Waals surface area contributed by atoms with Gasteiger partial charge in [-0.3, -0.25) is 0 Å². The molecule has 0 unspecified atom stereocenters. The molecule has 1 heterocycles. The van der Waals surface area contributed by atoms with Crippen molar-refractivity contribution in [3.8, 4) is 5.88 Å². The third kappa shape index (κ3) is 2.82. The molecule has 66 valence electrons. The minimum atomic E-state index is -2.04. The van der Waals surface area contributed by atoms with E-state index in [0.29, 0.717) is 15.8 Å². The van der Waals surface area contributed by atoms with E-state index in [1.165, 1.54) is 6.20 Å². The van der Waals surface area contributed by atoms with E-state index >= 15 is 0 Å². The van der Waals surface area contributed by atoms with Gasteiger partial charge in [0, 0.05) is 17.6 Å². The van der Waals surface area contributed by atoms with Gasteiger partial charge in [0.15, 0.2) is 0 Å². The SMILES string of the molecule is OP(O)c1ccc(OCI)nc1. The first-order chi connectivity index (χ1) is 5.74. The molecule has 1 aromatic heterocycles. The molecule has 0 aliphatic heterocycles. The number of alkyl halides is 1. The van der Waals surface area contributed by atoms with Crippen LogP contribution in [-0.2, 0) is 0 Å². The van der Waals surface area contributed by atoms with Crippen LogP contribution in [0.4, 0.5) is 0 Å². The lowest BCUT2D eigenvalue weighted by atomic mass is 10.5. The molecular weight excluding hydrogens is 292 g/mol. The molecule has 0 aliphatic rings. The Morgan fingerprint density at radius 2 is 2.25 bits per heavy atom. The number of pyridine rings is 1. The van der Waals surface area contributed by atoms with Crippen molar-refractivity contribution in [2.24, 2.45) is 0 Å². The van der Waals surface area contributed by atoms with Gasteiger partial charge in [-0.15, -0.1) is 0 Å². The summed E-state index contributed by atoms with van der Waals surface area (Å²) in [5, 5.41) is 0.422. The van der Waals surface area contributed by atoms with Gasteiger partial charge in [0.1, 0.15) is 4.61 Å². The van der Waals surface area contributed by atoms with Crippen LogP contribution in [-0.4, -0.2) is 19.4 Å². The second kappa shape index (κ2) is 4.91. The van der Waals surface area contributed by atoms with E-state index in [2.05, 4.69) is 27.6 Å². The monoisotopic (exact) mass is 299 g/mol. The first kappa shape index (κ1) is 10.1. The zero-order valence-corrected chi connectivity index (χ0v) is 9.07. The zero-order chi connectivity index (χ0) is 8.97. The number of hydrogen-bond acceptors (Lipinski definition) is 4. The summed E-state index contributed by atoms with van der Waals surface area (Å²) < 4.78 is 5.58. The highest BCUT2D eigenvalue weighted by Crippen LogP contribution is 2.21. The van der Waals surface area contributed by atoms with Crippen molar-refractivity contribution in [2.45, 2.75) is 0 Å². The Labute approximate surface area is 84.7 Å². The van der Waals surface area contributed by atoms with Crippen molar-refractivity contribution in [2.75, 3.05) is 4.61 Å². The molecule has 0 saturated heterocycles. The van der Waals surface area contributed by atoms with Gasteiger partial charge in [-0.25, -0.2) is 4.98 Å². The minimum Gasteiger partial charge on any atom is -0.467 e. The molecule has 1 rings (SSSR count). The summed E-state index contributed by atoms with van der Waals surface area (Å²) in [6.07, 6.45) is 1.40. The van der Waals surface area contributed by atoms with Crippen LogP contribution < -0.4 is 10.0 Å². The molecule has 0 aromatic carbocycles. The Kier molecular flexibility index (Phi) is 4.14. The van der Waals surface area contributed by atoms with E-state index in [9.17, 15) is 0 Å². The average molecular weight is 299 g/mol. The van der Waals surface area contributed by atoms with Gasteiger partial charge in [-0.2, -0.15) is 0 Å². The molecule has 0 amide bonds. The van der Waals surface area contributed by atoms with Gasteiger partial charge < -0.3 is 14.5 Å². The Morgan fingerprint density at radius 3 is 2.67 bits per heavy atom. The predicted octanol–water partition coefficient (Wildman–Crippen LogP) is 0.775. The number of nitrogens with zero attached hydrogens (tertiary/aromatic N) is 1. The maximum absolute atomic E-state index is 8.78. The topological polar surface area (TPSA) is 62.6 Å². The van der Waals surface area contributed by atoms with Crippen molar-refractivity contribution in [1.29, 1.82) is 0 Å². The lowest BCUT2D eigenvalue weighted by Crippen LogP contribution is -2.01. The fraction of sp³-hybridized carbons (Fsp3) is 0.167. The first-order valence-corrected chi connectivity index (χ1v) is 5.84. The van der Waals surface area contributed by atoms with Gasteiger partial charge in [0.05, 0.1) is 0 Å². The molecule has 0 fully saturated rings. The molecule has 2 N–H and O–H groups in total. The summed E-state index contributed by atoms with van der Waals surface area (Å²) >= 11 is 2.06. The van der Waals surface area contributed by atoms with Crippen LogP contribution in [0.25, 0.3) is 0 Å². The summed E-state index contributed by atoms with van der Waals surface area (Å²) in [6, 6.07) is 3.19. The van der Waals surface area contributed by atoms with Crippen molar-refractivity contribution >= 4 is 36.3 Å². The van der Waals surface area contributed by atoms with Crippen LogP contribution in [0, 0.1) is 0 Å². The van der Waals surface area contributed by atoms with Crippen LogP contribution >= 0.6 is 31.0 Å². The van der Waals surface area contributed by atoms with Crippen LogP contribution in [0.15, 0.2) is 18.3 Å². The molecule has 0 bridgehead atoms. The standard InChI is InChI=1S/C6H7INO3P/c7-4-11-6-2-1-5(3-8-6)12(9)10/h1-3,9-10H,4H2. The van der Waals surface area contributed by atoms with Gasteiger partial charge in [0.2, 0.25) is 14.3 Å². The van der Waals surface area contributed by atoms with E-state index in [1.54, 1.807) is 12.1 Å². The maximum Gasteiger partial charge on any atom is 0.213 e. The summed E-state index contributed by atoms with van der Waals surface area (Å²) in [4.78, 5) is 21.4.